The van der Waals surface area contributed by atoms with Gasteiger partial charge in [0.05, 0.1) is 10.3 Å². The zero-order valence-corrected chi connectivity index (χ0v) is 12.0. The third-order valence-corrected chi connectivity index (χ3v) is 5.05. The van der Waals surface area contributed by atoms with Gasteiger partial charge in [0.15, 0.2) is 0 Å². The summed E-state index contributed by atoms with van der Waals surface area (Å²) in [5.41, 5.74) is 5.13. The van der Waals surface area contributed by atoms with Gasteiger partial charge >= 0.3 is 0 Å². The second kappa shape index (κ2) is 5.68. The third-order valence-electron chi connectivity index (χ3n) is 2.19. The first kappa shape index (κ1) is 14.9. The highest BCUT2D eigenvalue weighted by atomic mass is 32.2. The normalized spacial score (nSPS) is 13.6. The molecule has 1 aromatic heterocycles. The van der Waals surface area contributed by atoms with Crippen LogP contribution in [0.1, 0.15) is 6.92 Å². The van der Waals surface area contributed by atoms with Gasteiger partial charge in [-0.15, -0.1) is 0 Å². The maximum Gasteiger partial charge on any atom is 0.244 e. The number of nitrogens with two attached hydrogens (primary N) is 1. The second-order valence-corrected chi connectivity index (χ2v) is 7.29. The van der Waals surface area contributed by atoms with Gasteiger partial charge in [-0.3, -0.25) is 4.79 Å². The lowest BCUT2D eigenvalue weighted by Crippen LogP contribution is -2.23. The fraction of sp³-hybridized carbons (Fsp3) is 0.400. The van der Waals surface area contributed by atoms with Crippen molar-refractivity contribution in [3.05, 3.63) is 18.3 Å². The van der Waals surface area contributed by atoms with E-state index in [9.17, 15) is 13.2 Å². The van der Waals surface area contributed by atoms with Gasteiger partial charge in [-0.1, -0.05) is 11.8 Å². The van der Waals surface area contributed by atoms with Gasteiger partial charge in [0, 0.05) is 20.3 Å². The summed E-state index contributed by atoms with van der Waals surface area (Å²) < 4.78 is 24.7. The van der Waals surface area contributed by atoms with Crippen LogP contribution >= 0.6 is 11.8 Å². The van der Waals surface area contributed by atoms with Crippen molar-refractivity contribution in [1.82, 2.24) is 9.29 Å². The Hall–Kier alpha value is -1.12. The van der Waals surface area contributed by atoms with E-state index < -0.39 is 21.2 Å². The predicted octanol–water partition coefficient (Wildman–Crippen LogP) is 0.298. The number of rotatable bonds is 5. The molecule has 100 valence electrons. The van der Waals surface area contributed by atoms with Crippen LogP contribution in [0, 0.1) is 0 Å². The molecule has 0 saturated heterocycles. The quantitative estimate of drug-likeness (QED) is 0.787. The lowest BCUT2D eigenvalue weighted by Gasteiger charge is -2.11. The Morgan fingerprint density at radius 2 is 2.06 bits per heavy atom. The van der Waals surface area contributed by atoms with E-state index in [2.05, 4.69) is 4.98 Å². The average Bonchev–Trinajstić information content (AvgIpc) is 2.29. The van der Waals surface area contributed by atoms with E-state index in [0.29, 0.717) is 5.03 Å². The van der Waals surface area contributed by atoms with Crippen LogP contribution in [0.5, 0.6) is 0 Å². The summed E-state index contributed by atoms with van der Waals surface area (Å²) in [6.45, 7) is 1.67. The molecule has 0 aliphatic carbocycles. The maximum absolute atomic E-state index is 11.8. The SMILES string of the molecule is C[C@H](Sc1ccc(S(=O)(=O)N(C)C)cn1)C(N)=O. The molecule has 1 heterocycles. The first-order chi connectivity index (χ1) is 8.25. The summed E-state index contributed by atoms with van der Waals surface area (Å²) in [6, 6.07) is 3.01. The number of hydrogen-bond donors (Lipinski definition) is 1. The summed E-state index contributed by atoms with van der Waals surface area (Å²) in [4.78, 5) is 15.0. The minimum atomic E-state index is -3.47. The highest BCUT2D eigenvalue weighted by molar-refractivity contribution is 8.00. The monoisotopic (exact) mass is 289 g/mol. The molecule has 0 aliphatic rings. The topological polar surface area (TPSA) is 93.4 Å². The molecule has 18 heavy (non-hydrogen) atoms. The zero-order chi connectivity index (χ0) is 13.9. The van der Waals surface area contributed by atoms with Crippen LogP contribution in [0.15, 0.2) is 28.3 Å². The Morgan fingerprint density at radius 3 is 2.44 bits per heavy atom. The molecule has 1 amide bonds. The van der Waals surface area contributed by atoms with Crippen LogP contribution < -0.4 is 5.73 Å². The van der Waals surface area contributed by atoms with Crippen LogP contribution in [0.4, 0.5) is 0 Å². The Morgan fingerprint density at radius 1 is 1.44 bits per heavy atom. The zero-order valence-electron chi connectivity index (χ0n) is 10.3. The third kappa shape index (κ3) is 3.44. The highest BCUT2D eigenvalue weighted by Gasteiger charge is 2.18. The molecular formula is C10H15N3O3S2. The molecule has 0 unspecified atom stereocenters. The van der Waals surface area contributed by atoms with E-state index in [4.69, 9.17) is 5.73 Å². The van der Waals surface area contributed by atoms with Crippen molar-refractivity contribution in [1.29, 1.82) is 0 Å². The van der Waals surface area contributed by atoms with Crippen molar-refractivity contribution in [3.63, 3.8) is 0 Å². The number of aromatic nitrogens is 1. The Kier molecular flexibility index (Phi) is 4.71. The van der Waals surface area contributed by atoms with E-state index >= 15 is 0 Å². The molecule has 8 heteroatoms. The first-order valence-electron chi connectivity index (χ1n) is 5.09. The predicted molar refractivity (Wildman–Crippen MR) is 69.6 cm³/mol. The molecule has 6 nitrogen and oxygen atoms in total. The van der Waals surface area contributed by atoms with Crippen LogP contribution in [0.25, 0.3) is 0 Å². The van der Waals surface area contributed by atoms with Gasteiger partial charge in [0.25, 0.3) is 0 Å². The van der Waals surface area contributed by atoms with Gasteiger partial charge in [0.2, 0.25) is 15.9 Å². The number of pyridine rings is 1. The Balaban J connectivity index is 2.91. The summed E-state index contributed by atoms with van der Waals surface area (Å²) in [5.74, 6) is -0.438. The van der Waals surface area contributed by atoms with Crippen LogP contribution in [-0.2, 0) is 14.8 Å². The maximum atomic E-state index is 11.8. The molecule has 1 rings (SSSR count). The largest absolute Gasteiger partial charge is 0.369 e. The van der Waals surface area contributed by atoms with Gasteiger partial charge in [-0.05, 0) is 19.1 Å². The first-order valence-corrected chi connectivity index (χ1v) is 7.41. The van der Waals surface area contributed by atoms with Crippen molar-refractivity contribution in [2.24, 2.45) is 5.73 Å². The molecule has 0 saturated carbocycles. The molecule has 0 fully saturated rings. The fourth-order valence-corrected chi connectivity index (χ4v) is 2.63. The van der Waals surface area contributed by atoms with Gasteiger partial charge < -0.3 is 5.73 Å². The van der Waals surface area contributed by atoms with Crippen LogP contribution in [0.2, 0.25) is 0 Å². The number of carbonyl (C=O) groups excluding carboxylic acids is 1. The number of primary amides is 1. The van der Waals surface area contributed by atoms with Gasteiger partial charge in [0.1, 0.15) is 4.90 Å². The minimum absolute atomic E-state index is 0.114. The molecule has 0 aromatic carbocycles. The molecule has 0 spiro atoms. The van der Waals surface area contributed by atoms with E-state index in [-0.39, 0.29) is 4.90 Å². The minimum Gasteiger partial charge on any atom is -0.369 e. The lowest BCUT2D eigenvalue weighted by molar-refractivity contribution is -0.117. The molecule has 0 aliphatic heterocycles. The number of amides is 1. The van der Waals surface area contributed by atoms with Crippen LogP contribution in [0.3, 0.4) is 0 Å². The smallest absolute Gasteiger partial charge is 0.244 e. The second-order valence-electron chi connectivity index (χ2n) is 3.78. The fourth-order valence-electron chi connectivity index (χ4n) is 1.04. The van der Waals surface area contributed by atoms with Gasteiger partial charge in [-0.2, -0.15) is 0 Å². The Labute approximate surface area is 111 Å². The van der Waals surface area contributed by atoms with E-state index in [1.807, 2.05) is 0 Å². The van der Waals surface area contributed by atoms with Crippen LogP contribution in [-0.4, -0.2) is 43.0 Å². The molecule has 2 N–H and O–H groups in total. The van der Waals surface area contributed by atoms with E-state index in [1.54, 1.807) is 13.0 Å². The molecule has 1 aromatic rings. The van der Waals surface area contributed by atoms with Crippen molar-refractivity contribution in [3.8, 4) is 0 Å². The average molecular weight is 289 g/mol. The number of thioether (sulfide) groups is 1. The van der Waals surface area contributed by atoms with Crippen molar-refractivity contribution in [2.45, 2.75) is 22.1 Å². The molecule has 0 bridgehead atoms. The van der Waals surface area contributed by atoms with Gasteiger partial charge in [-0.25, -0.2) is 17.7 Å². The lowest BCUT2D eigenvalue weighted by atomic mass is 10.5. The number of carbonyl (C=O) groups is 1. The standard InChI is InChI=1S/C10H15N3O3S2/c1-7(10(11)14)17-9-5-4-8(6-12-9)18(15,16)13(2)3/h4-7H,1-3H3,(H2,11,14)/t7-/m0/s1. The van der Waals surface area contributed by atoms with Crippen molar-refractivity contribution < 1.29 is 13.2 Å². The van der Waals surface area contributed by atoms with Crippen molar-refractivity contribution >= 4 is 27.7 Å². The van der Waals surface area contributed by atoms with Crippen molar-refractivity contribution in [2.75, 3.05) is 14.1 Å². The summed E-state index contributed by atoms with van der Waals surface area (Å²) in [5, 5.41) is 0.146. The summed E-state index contributed by atoms with van der Waals surface area (Å²) in [6.07, 6.45) is 1.27. The number of sulfonamides is 1. The Bertz CT molecular complexity index is 526. The molecule has 1 atom stereocenters. The number of nitrogens with zero attached hydrogens (tertiary/aromatic N) is 2. The van der Waals surface area contributed by atoms with E-state index in [1.165, 1.54) is 38.1 Å². The summed E-state index contributed by atoms with van der Waals surface area (Å²) in [7, 11) is -0.565. The van der Waals surface area contributed by atoms with E-state index in [0.717, 1.165) is 4.31 Å². The highest BCUT2D eigenvalue weighted by Crippen LogP contribution is 2.22. The number of hydrogen-bond acceptors (Lipinski definition) is 5. The molecule has 0 radical (unpaired) electrons. The summed E-state index contributed by atoms with van der Waals surface area (Å²) >= 11 is 1.19. The molecular weight excluding hydrogens is 274 g/mol.